The van der Waals surface area contributed by atoms with Crippen LogP contribution in [0.2, 0.25) is 6.32 Å². The minimum atomic E-state index is -1.34. The van der Waals surface area contributed by atoms with E-state index in [9.17, 15) is 4.79 Å². The van der Waals surface area contributed by atoms with Crippen LogP contribution in [-0.4, -0.2) is 47.8 Å². The molecule has 8 N–H and O–H groups in total. The third-order valence-electron chi connectivity index (χ3n) is 2.87. The van der Waals surface area contributed by atoms with Gasteiger partial charge in [-0.05, 0) is 26.1 Å². The number of hydrogen-bond donors (Lipinski definition) is 5. The van der Waals surface area contributed by atoms with E-state index >= 15 is 0 Å². The molecule has 0 amide bonds. The van der Waals surface area contributed by atoms with Crippen LogP contribution in [-0.2, 0) is 9.53 Å². The van der Waals surface area contributed by atoms with Gasteiger partial charge >= 0.3 is 13.1 Å². The quantitative estimate of drug-likeness (QED) is 0.114. The van der Waals surface area contributed by atoms with Crippen LogP contribution < -0.4 is 17.2 Å². The molecule has 1 atom stereocenters. The number of carbonyl (C=O) groups excluding carboxylic acids is 1. The van der Waals surface area contributed by atoms with E-state index in [1.807, 2.05) is 0 Å². The lowest BCUT2D eigenvalue weighted by molar-refractivity contribution is -0.150. The lowest BCUT2D eigenvalue weighted by atomic mass is 9.81. The van der Waals surface area contributed by atoms with Crippen molar-refractivity contribution in [3.63, 3.8) is 0 Å². The van der Waals surface area contributed by atoms with Gasteiger partial charge in [0.05, 0.1) is 6.61 Å². The summed E-state index contributed by atoms with van der Waals surface area (Å²) in [6.45, 7) is 2.19. The first-order valence-corrected chi connectivity index (χ1v) is 6.69. The Labute approximate surface area is 143 Å². The number of carbonyl (C=O) groups is 1. The lowest BCUT2D eigenvalue weighted by Gasteiger charge is -2.26. The van der Waals surface area contributed by atoms with Gasteiger partial charge in [-0.15, -0.1) is 24.8 Å². The van der Waals surface area contributed by atoms with Crippen LogP contribution in [0.15, 0.2) is 4.99 Å². The molecule has 0 aromatic rings. The average molecular weight is 361 g/mol. The standard InChI is InChI=1S/C11H25BN4O4.2ClH/c1-2-20-9(17)11(15,6-8-16-10(13)14)5-3-4-7-12(18)19;;/h18-19H,2-8,15H2,1H3,(H4,13,14,16);2*1H. The molecule has 0 aliphatic heterocycles. The van der Waals surface area contributed by atoms with Crippen molar-refractivity contribution in [3.05, 3.63) is 0 Å². The van der Waals surface area contributed by atoms with Crippen LogP contribution in [0.5, 0.6) is 0 Å². The molecule has 0 bridgehead atoms. The molecule has 132 valence electrons. The molecule has 0 saturated heterocycles. The fourth-order valence-electron chi connectivity index (χ4n) is 1.76. The highest BCUT2D eigenvalue weighted by atomic mass is 35.5. The maximum atomic E-state index is 11.9. The Hall–Kier alpha value is -0.735. The molecule has 1 unspecified atom stereocenters. The normalized spacial score (nSPS) is 12.2. The third kappa shape index (κ3) is 11.9. The van der Waals surface area contributed by atoms with E-state index in [0.29, 0.717) is 19.3 Å². The summed E-state index contributed by atoms with van der Waals surface area (Å²) in [5.74, 6) is -0.546. The molecular formula is C11H27BCl2N4O4. The molecule has 0 aromatic heterocycles. The van der Waals surface area contributed by atoms with Crippen LogP contribution in [0.3, 0.4) is 0 Å². The molecule has 0 radical (unpaired) electrons. The highest BCUT2D eigenvalue weighted by Gasteiger charge is 2.34. The van der Waals surface area contributed by atoms with Gasteiger partial charge in [0.25, 0.3) is 0 Å². The summed E-state index contributed by atoms with van der Waals surface area (Å²) >= 11 is 0. The van der Waals surface area contributed by atoms with Gasteiger partial charge in [0.15, 0.2) is 5.96 Å². The number of aliphatic imine (C=N–C) groups is 1. The summed E-state index contributed by atoms with van der Waals surface area (Å²) in [5, 5.41) is 17.5. The van der Waals surface area contributed by atoms with Gasteiger partial charge in [0.1, 0.15) is 5.54 Å². The topological polar surface area (TPSA) is 157 Å². The first-order chi connectivity index (χ1) is 9.31. The molecule has 11 heteroatoms. The average Bonchev–Trinajstić information content (AvgIpc) is 2.34. The second kappa shape index (κ2) is 13.9. The van der Waals surface area contributed by atoms with Crippen molar-refractivity contribution in [2.75, 3.05) is 13.2 Å². The molecule has 0 aromatic carbocycles. The Morgan fingerprint density at radius 3 is 2.27 bits per heavy atom. The number of rotatable bonds is 10. The van der Waals surface area contributed by atoms with Crippen LogP contribution in [0.1, 0.15) is 32.6 Å². The van der Waals surface area contributed by atoms with Gasteiger partial charge in [-0.25, -0.2) is 0 Å². The maximum absolute atomic E-state index is 11.9. The van der Waals surface area contributed by atoms with E-state index in [4.69, 9.17) is 32.0 Å². The number of ether oxygens (including phenoxy) is 1. The van der Waals surface area contributed by atoms with Gasteiger partial charge in [0.2, 0.25) is 0 Å². The second-order valence-corrected chi connectivity index (χ2v) is 4.66. The summed E-state index contributed by atoms with van der Waals surface area (Å²) in [4.78, 5) is 15.7. The number of guanidine groups is 1. The van der Waals surface area contributed by atoms with E-state index in [-0.39, 0.29) is 56.7 Å². The van der Waals surface area contributed by atoms with Crippen molar-refractivity contribution in [1.82, 2.24) is 0 Å². The minimum Gasteiger partial charge on any atom is -0.465 e. The Bertz CT molecular complexity index is 333. The minimum absolute atomic E-state index is 0. The summed E-state index contributed by atoms with van der Waals surface area (Å²) in [7, 11) is -1.34. The summed E-state index contributed by atoms with van der Waals surface area (Å²) in [5.41, 5.74) is 15.4. The first-order valence-electron chi connectivity index (χ1n) is 6.69. The van der Waals surface area contributed by atoms with Gasteiger partial charge in [-0.2, -0.15) is 0 Å². The van der Waals surface area contributed by atoms with Crippen molar-refractivity contribution in [2.24, 2.45) is 22.2 Å². The Balaban J connectivity index is -0.00000180. The molecule has 0 saturated carbocycles. The van der Waals surface area contributed by atoms with Crippen molar-refractivity contribution in [2.45, 2.75) is 44.5 Å². The Morgan fingerprint density at radius 1 is 1.23 bits per heavy atom. The third-order valence-corrected chi connectivity index (χ3v) is 2.87. The number of hydrogen-bond acceptors (Lipinski definition) is 6. The molecule has 22 heavy (non-hydrogen) atoms. The highest BCUT2D eigenvalue weighted by molar-refractivity contribution is 6.40. The zero-order valence-corrected chi connectivity index (χ0v) is 14.4. The van der Waals surface area contributed by atoms with Crippen LogP contribution in [0.4, 0.5) is 0 Å². The van der Waals surface area contributed by atoms with Gasteiger partial charge < -0.3 is 32.0 Å². The molecule has 0 aliphatic carbocycles. The van der Waals surface area contributed by atoms with Crippen molar-refractivity contribution < 1.29 is 19.6 Å². The zero-order chi connectivity index (χ0) is 15.6. The predicted molar refractivity (Wildman–Crippen MR) is 92.2 cm³/mol. The monoisotopic (exact) mass is 360 g/mol. The van der Waals surface area contributed by atoms with Crippen LogP contribution >= 0.6 is 24.8 Å². The van der Waals surface area contributed by atoms with Gasteiger partial charge in [-0.1, -0.05) is 12.8 Å². The van der Waals surface area contributed by atoms with Gasteiger partial charge in [-0.3, -0.25) is 9.79 Å². The summed E-state index contributed by atoms with van der Waals surface area (Å²) in [6.07, 6.45) is 2.02. The molecule has 0 rings (SSSR count). The zero-order valence-electron chi connectivity index (χ0n) is 12.7. The van der Waals surface area contributed by atoms with Crippen molar-refractivity contribution >= 4 is 43.9 Å². The molecule has 0 spiro atoms. The number of unbranched alkanes of at least 4 members (excludes halogenated alkanes) is 1. The first kappa shape index (κ1) is 26.2. The number of nitrogens with two attached hydrogens (primary N) is 3. The molecular weight excluding hydrogens is 334 g/mol. The molecule has 0 fully saturated rings. The summed E-state index contributed by atoms with van der Waals surface area (Å²) in [6, 6.07) is 0. The maximum Gasteiger partial charge on any atom is 0.451 e. The fourth-order valence-corrected chi connectivity index (χ4v) is 1.76. The number of nitrogens with zero attached hydrogens (tertiary/aromatic N) is 1. The molecule has 8 nitrogen and oxygen atoms in total. The van der Waals surface area contributed by atoms with Gasteiger partial charge in [0, 0.05) is 6.54 Å². The van der Waals surface area contributed by atoms with E-state index in [1.165, 1.54) is 0 Å². The SMILES string of the molecule is CCOC(=O)C(N)(CCCCB(O)O)CCN=C(N)N.Cl.Cl. The summed E-state index contributed by atoms with van der Waals surface area (Å²) < 4.78 is 4.97. The van der Waals surface area contributed by atoms with Crippen molar-refractivity contribution in [3.8, 4) is 0 Å². The van der Waals surface area contributed by atoms with E-state index in [1.54, 1.807) is 6.92 Å². The van der Waals surface area contributed by atoms with Crippen LogP contribution in [0.25, 0.3) is 0 Å². The van der Waals surface area contributed by atoms with Crippen molar-refractivity contribution in [1.29, 1.82) is 0 Å². The lowest BCUT2D eigenvalue weighted by Crippen LogP contribution is -2.49. The molecule has 0 aliphatic rings. The predicted octanol–water partition coefficient (Wildman–Crippen LogP) is -0.603. The fraction of sp³-hybridized carbons (Fsp3) is 0.818. The van der Waals surface area contributed by atoms with E-state index in [0.717, 1.165) is 0 Å². The smallest absolute Gasteiger partial charge is 0.451 e. The second-order valence-electron chi connectivity index (χ2n) is 4.66. The molecule has 0 heterocycles. The largest absolute Gasteiger partial charge is 0.465 e. The van der Waals surface area contributed by atoms with E-state index in [2.05, 4.69) is 4.99 Å². The number of halogens is 2. The Morgan fingerprint density at radius 2 is 1.82 bits per heavy atom. The highest BCUT2D eigenvalue weighted by Crippen LogP contribution is 2.19. The van der Waals surface area contributed by atoms with E-state index < -0.39 is 18.6 Å². The Kier molecular flexibility index (Phi) is 16.5. The van der Waals surface area contributed by atoms with Crippen LogP contribution in [0, 0.1) is 0 Å². The number of esters is 1.